The third-order valence-corrected chi connectivity index (χ3v) is 2.98. The molecule has 0 aliphatic rings. The lowest BCUT2D eigenvalue weighted by Gasteiger charge is -2.08. The maximum absolute atomic E-state index is 8.92. The number of nitrogens with zero attached hydrogens (tertiary/aromatic N) is 3. The molecule has 2 aromatic carbocycles. The Morgan fingerprint density at radius 3 is 2.18 bits per heavy atom. The molecular weight excluding hydrogens is 274 g/mol. The summed E-state index contributed by atoms with van der Waals surface area (Å²) >= 11 is 0. The lowest BCUT2D eigenvalue weighted by molar-refractivity contribution is 1.17. The maximum atomic E-state index is 8.92. The van der Waals surface area contributed by atoms with E-state index in [4.69, 9.17) is 5.26 Å². The summed E-state index contributed by atoms with van der Waals surface area (Å²) in [5, 5.41) is 15.3. The molecule has 0 saturated heterocycles. The highest BCUT2D eigenvalue weighted by molar-refractivity contribution is 5.63. The number of hydrogen-bond acceptors (Lipinski definition) is 5. The van der Waals surface area contributed by atoms with Gasteiger partial charge in [0.05, 0.1) is 11.6 Å². The number of hydrogen-bond donors (Lipinski definition) is 2. The van der Waals surface area contributed by atoms with Crippen molar-refractivity contribution < 1.29 is 0 Å². The van der Waals surface area contributed by atoms with Gasteiger partial charge in [-0.2, -0.15) is 5.26 Å². The van der Waals surface area contributed by atoms with Crippen LogP contribution in [0, 0.1) is 11.3 Å². The summed E-state index contributed by atoms with van der Waals surface area (Å²) in [5.74, 6) is 1.35. The fourth-order valence-corrected chi connectivity index (χ4v) is 1.98. The lowest BCUT2D eigenvalue weighted by atomic mass is 10.2. The van der Waals surface area contributed by atoms with Crippen LogP contribution in [0.1, 0.15) is 5.56 Å². The SMILES string of the molecule is N#Cc1cccc(Nc2cc(Nc3ccccc3)ncn2)c1. The molecule has 0 fully saturated rings. The highest BCUT2D eigenvalue weighted by Crippen LogP contribution is 2.19. The van der Waals surface area contributed by atoms with Gasteiger partial charge in [-0.15, -0.1) is 0 Å². The van der Waals surface area contributed by atoms with E-state index in [2.05, 4.69) is 26.7 Å². The van der Waals surface area contributed by atoms with E-state index in [1.807, 2.05) is 48.5 Å². The quantitative estimate of drug-likeness (QED) is 0.762. The second kappa shape index (κ2) is 6.37. The first-order chi connectivity index (χ1) is 10.8. The first-order valence-corrected chi connectivity index (χ1v) is 6.75. The third kappa shape index (κ3) is 3.38. The van der Waals surface area contributed by atoms with Gasteiger partial charge in [0.25, 0.3) is 0 Å². The van der Waals surface area contributed by atoms with E-state index >= 15 is 0 Å². The van der Waals surface area contributed by atoms with E-state index in [0.29, 0.717) is 17.2 Å². The van der Waals surface area contributed by atoms with Crippen LogP contribution in [0.2, 0.25) is 0 Å². The van der Waals surface area contributed by atoms with Crippen molar-refractivity contribution in [1.29, 1.82) is 5.26 Å². The van der Waals surface area contributed by atoms with Crippen molar-refractivity contribution in [3.8, 4) is 6.07 Å². The molecule has 1 aromatic heterocycles. The second-order valence-electron chi connectivity index (χ2n) is 4.60. The van der Waals surface area contributed by atoms with E-state index in [9.17, 15) is 0 Å². The van der Waals surface area contributed by atoms with Gasteiger partial charge in [0.15, 0.2) is 0 Å². The Morgan fingerprint density at radius 2 is 1.45 bits per heavy atom. The summed E-state index contributed by atoms with van der Waals surface area (Å²) < 4.78 is 0. The third-order valence-electron chi connectivity index (χ3n) is 2.98. The van der Waals surface area contributed by atoms with Crippen LogP contribution in [0.25, 0.3) is 0 Å². The highest BCUT2D eigenvalue weighted by Gasteiger charge is 2.01. The number of nitriles is 1. The summed E-state index contributed by atoms with van der Waals surface area (Å²) in [7, 11) is 0. The Morgan fingerprint density at radius 1 is 0.773 bits per heavy atom. The first-order valence-electron chi connectivity index (χ1n) is 6.75. The Labute approximate surface area is 128 Å². The Bertz CT molecular complexity index is 809. The van der Waals surface area contributed by atoms with Gasteiger partial charge in [-0.3, -0.25) is 0 Å². The molecule has 0 radical (unpaired) electrons. The zero-order valence-electron chi connectivity index (χ0n) is 11.7. The number of anilines is 4. The molecule has 3 rings (SSSR count). The van der Waals surface area contributed by atoms with Gasteiger partial charge in [0.1, 0.15) is 18.0 Å². The van der Waals surface area contributed by atoms with Crippen LogP contribution in [0.4, 0.5) is 23.0 Å². The van der Waals surface area contributed by atoms with Crippen molar-refractivity contribution in [3.05, 3.63) is 72.6 Å². The molecular formula is C17H13N5. The number of rotatable bonds is 4. The summed E-state index contributed by atoms with van der Waals surface area (Å²) in [6, 6.07) is 21.0. The fourth-order valence-electron chi connectivity index (χ4n) is 1.98. The maximum Gasteiger partial charge on any atom is 0.135 e. The number of aromatic nitrogens is 2. The number of benzene rings is 2. The molecule has 0 spiro atoms. The molecule has 22 heavy (non-hydrogen) atoms. The molecule has 5 heteroatoms. The highest BCUT2D eigenvalue weighted by atomic mass is 15.1. The van der Waals surface area contributed by atoms with Gasteiger partial charge in [-0.05, 0) is 30.3 Å². The fraction of sp³-hybridized carbons (Fsp3) is 0. The minimum absolute atomic E-state index is 0.599. The molecule has 1 heterocycles. The van der Waals surface area contributed by atoms with Crippen LogP contribution < -0.4 is 10.6 Å². The molecule has 3 aromatic rings. The largest absolute Gasteiger partial charge is 0.340 e. The van der Waals surface area contributed by atoms with Crippen molar-refractivity contribution in [1.82, 2.24) is 9.97 Å². The molecule has 0 amide bonds. The average molecular weight is 287 g/mol. The predicted molar refractivity (Wildman–Crippen MR) is 86.2 cm³/mol. The van der Waals surface area contributed by atoms with E-state index in [1.165, 1.54) is 6.33 Å². The van der Waals surface area contributed by atoms with Crippen LogP contribution in [0.15, 0.2) is 67.0 Å². The summed E-state index contributed by atoms with van der Waals surface area (Å²) in [6.45, 7) is 0. The van der Waals surface area contributed by atoms with E-state index in [0.717, 1.165) is 11.4 Å². The second-order valence-corrected chi connectivity index (χ2v) is 4.60. The van der Waals surface area contributed by atoms with Crippen molar-refractivity contribution >= 4 is 23.0 Å². The number of para-hydroxylation sites is 1. The predicted octanol–water partition coefficient (Wildman–Crippen LogP) is 3.84. The van der Waals surface area contributed by atoms with Crippen molar-refractivity contribution in [2.75, 3.05) is 10.6 Å². The average Bonchev–Trinajstić information content (AvgIpc) is 2.56. The smallest absolute Gasteiger partial charge is 0.135 e. The van der Waals surface area contributed by atoms with Gasteiger partial charge in [-0.25, -0.2) is 9.97 Å². The molecule has 0 saturated carbocycles. The normalized spacial score (nSPS) is 9.77. The molecule has 0 aliphatic heterocycles. The van der Waals surface area contributed by atoms with Gasteiger partial charge < -0.3 is 10.6 Å². The first kappa shape index (κ1) is 13.6. The van der Waals surface area contributed by atoms with E-state index in [-0.39, 0.29) is 0 Å². The Kier molecular flexibility index (Phi) is 3.94. The van der Waals surface area contributed by atoms with Gasteiger partial charge in [0, 0.05) is 17.4 Å². The lowest BCUT2D eigenvalue weighted by Crippen LogP contribution is -1.98. The molecule has 106 valence electrons. The van der Waals surface area contributed by atoms with E-state index < -0.39 is 0 Å². The molecule has 0 bridgehead atoms. The number of nitrogens with one attached hydrogen (secondary N) is 2. The van der Waals surface area contributed by atoms with Crippen LogP contribution in [-0.4, -0.2) is 9.97 Å². The van der Waals surface area contributed by atoms with Crippen LogP contribution in [0.3, 0.4) is 0 Å². The van der Waals surface area contributed by atoms with Crippen LogP contribution >= 0.6 is 0 Å². The Hall–Kier alpha value is -3.39. The van der Waals surface area contributed by atoms with Crippen molar-refractivity contribution in [3.63, 3.8) is 0 Å². The van der Waals surface area contributed by atoms with Crippen LogP contribution in [-0.2, 0) is 0 Å². The topological polar surface area (TPSA) is 73.6 Å². The van der Waals surface area contributed by atoms with E-state index in [1.54, 1.807) is 12.1 Å². The van der Waals surface area contributed by atoms with Crippen molar-refractivity contribution in [2.24, 2.45) is 0 Å². The minimum atomic E-state index is 0.599. The summed E-state index contributed by atoms with van der Waals surface area (Å²) in [4.78, 5) is 8.38. The summed E-state index contributed by atoms with van der Waals surface area (Å²) in [5.41, 5.74) is 2.36. The monoisotopic (exact) mass is 287 g/mol. The zero-order chi connectivity index (χ0) is 15.2. The zero-order valence-corrected chi connectivity index (χ0v) is 11.7. The Balaban J connectivity index is 1.78. The van der Waals surface area contributed by atoms with Gasteiger partial charge in [0.2, 0.25) is 0 Å². The summed E-state index contributed by atoms with van der Waals surface area (Å²) in [6.07, 6.45) is 1.49. The molecule has 5 nitrogen and oxygen atoms in total. The van der Waals surface area contributed by atoms with Gasteiger partial charge >= 0.3 is 0 Å². The van der Waals surface area contributed by atoms with Crippen LogP contribution in [0.5, 0.6) is 0 Å². The standard InChI is InChI=1S/C17H13N5/c18-11-13-5-4-8-15(9-13)22-17-10-16(19-12-20-17)21-14-6-2-1-3-7-14/h1-10,12H,(H2,19,20,21,22). The van der Waals surface area contributed by atoms with Gasteiger partial charge in [-0.1, -0.05) is 24.3 Å². The molecule has 2 N–H and O–H groups in total. The minimum Gasteiger partial charge on any atom is -0.340 e. The molecule has 0 atom stereocenters. The molecule has 0 aliphatic carbocycles. The molecule has 0 unspecified atom stereocenters. The van der Waals surface area contributed by atoms with Crippen molar-refractivity contribution in [2.45, 2.75) is 0 Å².